The molecule has 0 bridgehead atoms. The molecule has 0 radical (unpaired) electrons. The molecule has 0 aliphatic rings. The van der Waals surface area contributed by atoms with E-state index in [1.165, 1.54) is 6.20 Å². The highest BCUT2D eigenvalue weighted by Gasteiger charge is 2.00. The van der Waals surface area contributed by atoms with Crippen molar-refractivity contribution in [3.05, 3.63) is 23.9 Å². The van der Waals surface area contributed by atoms with Crippen molar-refractivity contribution in [1.82, 2.24) is 4.98 Å². The minimum absolute atomic E-state index is 0.267. The van der Waals surface area contributed by atoms with E-state index in [4.69, 9.17) is 10.8 Å². The molecule has 0 saturated heterocycles. The van der Waals surface area contributed by atoms with Crippen LogP contribution in [-0.2, 0) is 0 Å². The average Bonchev–Trinajstić information content (AvgIpc) is 2.34. The molecule has 0 saturated carbocycles. The molecule has 1 heterocycles. The Kier molecular flexibility index (Phi) is 6.03. The van der Waals surface area contributed by atoms with E-state index < -0.39 is 5.91 Å². The van der Waals surface area contributed by atoms with Gasteiger partial charge >= 0.3 is 0 Å². The van der Waals surface area contributed by atoms with Crippen LogP contribution in [-0.4, -0.2) is 29.1 Å². The summed E-state index contributed by atoms with van der Waals surface area (Å²) in [5.41, 5.74) is 5.53. The number of aromatic nitrogens is 1. The highest BCUT2D eigenvalue weighted by molar-refractivity contribution is 5.92. The Labute approximate surface area is 101 Å². The second-order valence-electron chi connectivity index (χ2n) is 3.86. The molecule has 0 fully saturated rings. The minimum atomic E-state index is -0.465. The summed E-state index contributed by atoms with van der Waals surface area (Å²) in [6, 6.07) is 3.40. The van der Waals surface area contributed by atoms with Crippen LogP contribution in [0.15, 0.2) is 18.3 Å². The van der Waals surface area contributed by atoms with Gasteiger partial charge in [-0.05, 0) is 25.0 Å². The van der Waals surface area contributed by atoms with Gasteiger partial charge in [0, 0.05) is 19.3 Å². The molecule has 1 aromatic heterocycles. The number of anilines is 1. The third kappa shape index (κ3) is 5.31. The smallest absolute Gasteiger partial charge is 0.250 e. The highest BCUT2D eigenvalue weighted by Crippen LogP contribution is 2.05. The quantitative estimate of drug-likeness (QED) is 0.592. The molecule has 5 nitrogen and oxygen atoms in total. The number of unbranched alkanes of at least 4 members (excludes halogenated alkanes) is 3. The van der Waals surface area contributed by atoms with Gasteiger partial charge < -0.3 is 16.2 Å². The van der Waals surface area contributed by atoms with Crippen molar-refractivity contribution in [2.75, 3.05) is 18.5 Å². The number of hydrogen-bond acceptors (Lipinski definition) is 4. The van der Waals surface area contributed by atoms with Crippen molar-refractivity contribution in [2.24, 2.45) is 5.73 Å². The molecule has 5 heteroatoms. The number of aliphatic hydroxyl groups is 1. The Morgan fingerprint density at radius 2 is 2.06 bits per heavy atom. The Morgan fingerprint density at radius 1 is 1.29 bits per heavy atom. The van der Waals surface area contributed by atoms with Crippen molar-refractivity contribution in [3.8, 4) is 0 Å². The van der Waals surface area contributed by atoms with Gasteiger partial charge in [-0.25, -0.2) is 4.98 Å². The average molecular weight is 237 g/mol. The molecule has 1 aromatic rings. The van der Waals surface area contributed by atoms with Crippen molar-refractivity contribution in [1.29, 1.82) is 0 Å². The van der Waals surface area contributed by atoms with Gasteiger partial charge in [0.15, 0.2) is 0 Å². The number of rotatable bonds is 8. The monoisotopic (exact) mass is 237 g/mol. The highest BCUT2D eigenvalue weighted by atomic mass is 16.2. The molecule has 0 spiro atoms. The maximum Gasteiger partial charge on any atom is 0.250 e. The molecular formula is C12H19N3O2. The zero-order valence-corrected chi connectivity index (χ0v) is 9.85. The first-order valence-corrected chi connectivity index (χ1v) is 5.84. The van der Waals surface area contributed by atoms with Crippen LogP contribution in [0.5, 0.6) is 0 Å². The number of amides is 1. The van der Waals surface area contributed by atoms with Gasteiger partial charge in [0.2, 0.25) is 5.91 Å². The number of carbonyl (C=O) groups is 1. The minimum Gasteiger partial charge on any atom is -0.396 e. The summed E-state index contributed by atoms with van der Waals surface area (Å²) in [6.07, 6.45) is 5.51. The van der Waals surface area contributed by atoms with Gasteiger partial charge in [0.05, 0.1) is 5.56 Å². The van der Waals surface area contributed by atoms with Crippen LogP contribution < -0.4 is 11.1 Å². The lowest BCUT2D eigenvalue weighted by molar-refractivity contribution is 0.1000. The number of hydrogen-bond donors (Lipinski definition) is 3. The molecule has 4 N–H and O–H groups in total. The first kappa shape index (κ1) is 13.4. The maximum atomic E-state index is 10.8. The van der Waals surface area contributed by atoms with Gasteiger partial charge in [0.25, 0.3) is 0 Å². The second kappa shape index (κ2) is 7.62. The maximum absolute atomic E-state index is 10.8. The fourth-order valence-electron chi connectivity index (χ4n) is 1.45. The van der Waals surface area contributed by atoms with Crippen molar-refractivity contribution < 1.29 is 9.90 Å². The third-order valence-corrected chi connectivity index (χ3v) is 2.44. The van der Waals surface area contributed by atoms with E-state index in [2.05, 4.69) is 10.3 Å². The van der Waals surface area contributed by atoms with Crippen LogP contribution in [0.3, 0.4) is 0 Å². The predicted octanol–water partition coefficient (Wildman–Crippen LogP) is 1.15. The van der Waals surface area contributed by atoms with Gasteiger partial charge in [-0.3, -0.25) is 4.79 Å². The zero-order chi connectivity index (χ0) is 12.5. The molecule has 0 unspecified atom stereocenters. The van der Waals surface area contributed by atoms with Crippen LogP contribution in [0, 0.1) is 0 Å². The number of aliphatic hydroxyl groups excluding tert-OH is 1. The molecule has 17 heavy (non-hydrogen) atoms. The lowest BCUT2D eigenvalue weighted by Crippen LogP contribution is -2.11. The van der Waals surface area contributed by atoms with Crippen molar-refractivity contribution in [3.63, 3.8) is 0 Å². The number of nitrogens with one attached hydrogen (secondary N) is 1. The van der Waals surface area contributed by atoms with E-state index in [9.17, 15) is 4.79 Å². The first-order valence-electron chi connectivity index (χ1n) is 5.84. The number of carbonyl (C=O) groups excluding carboxylic acids is 1. The van der Waals surface area contributed by atoms with Crippen LogP contribution in [0.2, 0.25) is 0 Å². The molecule has 0 aliphatic carbocycles. The van der Waals surface area contributed by atoms with Crippen LogP contribution in [0.1, 0.15) is 36.0 Å². The van der Waals surface area contributed by atoms with E-state index >= 15 is 0 Å². The summed E-state index contributed by atoms with van der Waals surface area (Å²) in [7, 11) is 0. The number of nitrogens with two attached hydrogens (primary N) is 1. The molecule has 1 amide bonds. The first-order chi connectivity index (χ1) is 8.24. The number of nitrogens with zero attached hydrogens (tertiary/aromatic N) is 1. The summed E-state index contributed by atoms with van der Waals surface area (Å²) in [5, 5.41) is 11.8. The molecule has 1 rings (SSSR count). The summed E-state index contributed by atoms with van der Waals surface area (Å²) in [6.45, 7) is 1.11. The topological polar surface area (TPSA) is 88.2 Å². The van der Waals surface area contributed by atoms with E-state index in [1.54, 1.807) is 12.1 Å². The molecule has 0 aliphatic heterocycles. The molecule has 94 valence electrons. The SMILES string of the molecule is NC(=O)c1ccc(NCCCCCCO)nc1. The van der Waals surface area contributed by atoms with Gasteiger partial charge in [-0.2, -0.15) is 0 Å². The standard InChI is InChI=1S/C12H19N3O2/c13-12(17)10-5-6-11(15-9-10)14-7-3-1-2-4-8-16/h5-6,9,16H,1-4,7-8H2,(H2,13,17)(H,14,15). The summed E-state index contributed by atoms with van der Waals surface area (Å²) in [5.74, 6) is 0.283. The van der Waals surface area contributed by atoms with E-state index in [1.807, 2.05) is 0 Å². The Bertz CT molecular complexity index is 338. The largest absolute Gasteiger partial charge is 0.396 e. The van der Waals surface area contributed by atoms with Gasteiger partial charge in [-0.1, -0.05) is 12.8 Å². The number of primary amides is 1. The van der Waals surface area contributed by atoms with Gasteiger partial charge in [0.1, 0.15) is 5.82 Å². The predicted molar refractivity (Wildman–Crippen MR) is 66.8 cm³/mol. The fourth-order valence-corrected chi connectivity index (χ4v) is 1.45. The second-order valence-corrected chi connectivity index (χ2v) is 3.86. The normalized spacial score (nSPS) is 10.2. The lowest BCUT2D eigenvalue weighted by Gasteiger charge is -2.05. The zero-order valence-electron chi connectivity index (χ0n) is 9.85. The summed E-state index contributed by atoms with van der Waals surface area (Å²) >= 11 is 0. The summed E-state index contributed by atoms with van der Waals surface area (Å²) < 4.78 is 0. The van der Waals surface area contributed by atoms with E-state index in [0.717, 1.165) is 38.0 Å². The fraction of sp³-hybridized carbons (Fsp3) is 0.500. The van der Waals surface area contributed by atoms with Gasteiger partial charge in [-0.15, -0.1) is 0 Å². The van der Waals surface area contributed by atoms with Crippen LogP contribution >= 0.6 is 0 Å². The Morgan fingerprint density at radius 3 is 2.65 bits per heavy atom. The Hall–Kier alpha value is -1.62. The van der Waals surface area contributed by atoms with E-state index in [-0.39, 0.29) is 6.61 Å². The van der Waals surface area contributed by atoms with Crippen molar-refractivity contribution in [2.45, 2.75) is 25.7 Å². The van der Waals surface area contributed by atoms with Crippen LogP contribution in [0.4, 0.5) is 5.82 Å². The van der Waals surface area contributed by atoms with Crippen molar-refractivity contribution >= 4 is 11.7 Å². The summed E-state index contributed by atoms with van der Waals surface area (Å²) in [4.78, 5) is 14.9. The molecular weight excluding hydrogens is 218 g/mol. The molecule has 0 aromatic carbocycles. The van der Waals surface area contributed by atoms with E-state index in [0.29, 0.717) is 5.56 Å². The number of pyridine rings is 1. The van der Waals surface area contributed by atoms with Crippen LogP contribution in [0.25, 0.3) is 0 Å². The Balaban J connectivity index is 2.21. The molecule has 0 atom stereocenters. The third-order valence-electron chi connectivity index (χ3n) is 2.44. The lowest BCUT2D eigenvalue weighted by atomic mass is 10.2.